The molecule has 1 aromatic carbocycles. The third kappa shape index (κ3) is 3.56. The van der Waals surface area contributed by atoms with Crippen LogP contribution >= 0.6 is 11.6 Å². The predicted molar refractivity (Wildman–Crippen MR) is 74.3 cm³/mol. The van der Waals surface area contributed by atoms with Gasteiger partial charge in [-0.05, 0) is 23.7 Å². The van der Waals surface area contributed by atoms with Crippen molar-refractivity contribution in [1.29, 1.82) is 0 Å². The number of anilines is 1. The summed E-state index contributed by atoms with van der Waals surface area (Å²) >= 11 is 5.89. The van der Waals surface area contributed by atoms with Crippen LogP contribution in [0.2, 0.25) is 5.28 Å². The average Bonchev–Trinajstić information content (AvgIpc) is 2.47. The number of halogens is 2. The molecule has 2 heterocycles. The minimum absolute atomic E-state index is 0.0258. The van der Waals surface area contributed by atoms with Crippen molar-refractivity contribution in [3.05, 3.63) is 35.4 Å². The molecule has 1 aliphatic heterocycles. The number of rotatable bonds is 3. The Balaban J connectivity index is 1.83. The van der Waals surface area contributed by atoms with Crippen LogP contribution in [0.4, 0.5) is 10.3 Å². The largest absolute Gasteiger partial charge is 0.424 e. The second-order valence-electron chi connectivity index (χ2n) is 4.35. The third-order valence-corrected chi connectivity index (χ3v) is 3.04. The van der Waals surface area contributed by atoms with Gasteiger partial charge in [0.2, 0.25) is 11.2 Å². The molecule has 0 saturated carbocycles. The molecule has 0 bridgehead atoms. The van der Waals surface area contributed by atoms with Gasteiger partial charge in [-0.3, -0.25) is 0 Å². The van der Waals surface area contributed by atoms with Gasteiger partial charge in [-0.15, -0.1) is 0 Å². The van der Waals surface area contributed by atoms with E-state index in [1.807, 2.05) is 4.90 Å². The van der Waals surface area contributed by atoms with Crippen molar-refractivity contribution in [2.24, 2.45) is 0 Å². The molecule has 1 aliphatic rings. The summed E-state index contributed by atoms with van der Waals surface area (Å²) in [6, 6.07) is 5.74. The number of nitrogens with zero attached hydrogens (tertiary/aromatic N) is 4. The Morgan fingerprint density at radius 3 is 2.76 bits per heavy atom. The standard InChI is InChI=1S/C13H12ClFN4O2/c14-11-16-12(19-4-6-20-7-5-19)18-13(17-11)21-10-3-1-2-9(15)8-10/h1-3,8H,4-7H2. The molecule has 0 unspecified atom stereocenters. The Bertz CT molecular complexity index is 637. The van der Waals surface area contributed by atoms with Crippen LogP contribution in [0.25, 0.3) is 0 Å². The minimum atomic E-state index is -0.402. The van der Waals surface area contributed by atoms with Crippen molar-refractivity contribution >= 4 is 17.5 Å². The molecule has 3 rings (SSSR count). The van der Waals surface area contributed by atoms with Crippen LogP contribution in [-0.2, 0) is 4.74 Å². The number of aromatic nitrogens is 3. The summed E-state index contributed by atoms with van der Waals surface area (Å²) in [6.07, 6.45) is 0. The van der Waals surface area contributed by atoms with E-state index in [1.54, 1.807) is 6.07 Å². The second kappa shape index (κ2) is 6.19. The first kappa shape index (κ1) is 14.0. The van der Waals surface area contributed by atoms with Crippen LogP contribution in [0.1, 0.15) is 0 Å². The summed E-state index contributed by atoms with van der Waals surface area (Å²) < 4.78 is 23.8. The fourth-order valence-electron chi connectivity index (χ4n) is 1.91. The number of hydrogen-bond acceptors (Lipinski definition) is 6. The molecule has 0 amide bonds. The summed E-state index contributed by atoms with van der Waals surface area (Å²) in [7, 11) is 0. The molecule has 0 spiro atoms. The van der Waals surface area contributed by atoms with E-state index in [0.717, 1.165) is 0 Å². The summed E-state index contributed by atoms with van der Waals surface area (Å²) in [5, 5.41) is 0.0258. The highest BCUT2D eigenvalue weighted by molar-refractivity contribution is 6.28. The maximum atomic E-state index is 13.1. The van der Waals surface area contributed by atoms with E-state index in [1.165, 1.54) is 18.2 Å². The number of hydrogen-bond donors (Lipinski definition) is 0. The molecule has 0 N–H and O–H groups in total. The van der Waals surface area contributed by atoms with E-state index in [9.17, 15) is 4.39 Å². The second-order valence-corrected chi connectivity index (χ2v) is 4.68. The Morgan fingerprint density at radius 2 is 2.00 bits per heavy atom. The zero-order valence-electron chi connectivity index (χ0n) is 11.0. The van der Waals surface area contributed by atoms with E-state index < -0.39 is 5.82 Å². The third-order valence-electron chi connectivity index (χ3n) is 2.87. The molecule has 1 saturated heterocycles. The molecule has 0 atom stereocenters. The molecule has 1 aromatic heterocycles. The first-order chi connectivity index (χ1) is 10.2. The van der Waals surface area contributed by atoms with Crippen molar-refractivity contribution < 1.29 is 13.9 Å². The zero-order valence-corrected chi connectivity index (χ0v) is 11.8. The zero-order chi connectivity index (χ0) is 14.7. The quantitative estimate of drug-likeness (QED) is 0.867. The molecular formula is C13H12ClFN4O2. The SMILES string of the molecule is Fc1cccc(Oc2nc(Cl)nc(N3CCOCC3)n2)c1. The van der Waals surface area contributed by atoms with Crippen molar-refractivity contribution in [1.82, 2.24) is 15.0 Å². The fraction of sp³-hybridized carbons (Fsp3) is 0.308. The summed E-state index contributed by atoms with van der Waals surface area (Å²) in [5.41, 5.74) is 0. The van der Waals surface area contributed by atoms with Crippen LogP contribution in [0, 0.1) is 5.82 Å². The molecule has 0 aliphatic carbocycles. The number of morpholine rings is 1. The molecule has 6 nitrogen and oxygen atoms in total. The van der Waals surface area contributed by atoms with Crippen molar-refractivity contribution in [3.8, 4) is 11.8 Å². The highest BCUT2D eigenvalue weighted by Crippen LogP contribution is 2.22. The maximum absolute atomic E-state index is 13.1. The van der Waals surface area contributed by atoms with E-state index in [-0.39, 0.29) is 11.3 Å². The van der Waals surface area contributed by atoms with Gasteiger partial charge in [0.25, 0.3) is 0 Å². The maximum Gasteiger partial charge on any atom is 0.328 e. The fourth-order valence-corrected chi connectivity index (χ4v) is 2.06. The summed E-state index contributed by atoms with van der Waals surface area (Å²) in [6.45, 7) is 2.53. The average molecular weight is 311 g/mol. The molecule has 2 aromatic rings. The van der Waals surface area contributed by atoms with Gasteiger partial charge in [0.05, 0.1) is 13.2 Å². The topological polar surface area (TPSA) is 60.4 Å². The van der Waals surface area contributed by atoms with Crippen LogP contribution in [-0.4, -0.2) is 41.3 Å². The number of ether oxygens (including phenoxy) is 2. The lowest BCUT2D eigenvalue weighted by molar-refractivity contribution is 0.122. The van der Waals surface area contributed by atoms with Crippen LogP contribution < -0.4 is 9.64 Å². The predicted octanol–water partition coefficient (Wildman–Crippen LogP) is 2.29. The van der Waals surface area contributed by atoms with Crippen molar-refractivity contribution in [2.45, 2.75) is 0 Å². The van der Waals surface area contributed by atoms with E-state index in [0.29, 0.717) is 38.0 Å². The molecule has 110 valence electrons. The highest BCUT2D eigenvalue weighted by atomic mass is 35.5. The Labute approximate surface area is 125 Å². The van der Waals surface area contributed by atoms with Gasteiger partial charge in [0, 0.05) is 19.2 Å². The normalized spacial score (nSPS) is 15.0. The lowest BCUT2D eigenvalue weighted by atomic mass is 10.3. The van der Waals surface area contributed by atoms with Crippen LogP contribution in [0.15, 0.2) is 24.3 Å². The smallest absolute Gasteiger partial charge is 0.328 e. The molecule has 21 heavy (non-hydrogen) atoms. The first-order valence-corrected chi connectivity index (χ1v) is 6.76. The Kier molecular flexibility index (Phi) is 4.12. The molecule has 1 fully saturated rings. The lowest BCUT2D eigenvalue weighted by Crippen LogP contribution is -2.37. The van der Waals surface area contributed by atoms with E-state index >= 15 is 0 Å². The highest BCUT2D eigenvalue weighted by Gasteiger charge is 2.16. The van der Waals surface area contributed by atoms with Gasteiger partial charge in [-0.25, -0.2) is 4.39 Å². The monoisotopic (exact) mass is 310 g/mol. The molecule has 0 radical (unpaired) electrons. The van der Waals surface area contributed by atoms with Gasteiger partial charge in [0.1, 0.15) is 11.6 Å². The van der Waals surface area contributed by atoms with Crippen LogP contribution in [0.3, 0.4) is 0 Å². The number of benzene rings is 1. The van der Waals surface area contributed by atoms with Crippen molar-refractivity contribution in [2.75, 3.05) is 31.2 Å². The summed E-state index contributed by atoms with van der Waals surface area (Å²) in [4.78, 5) is 14.1. The van der Waals surface area contributed by atoms with Gasteiger partial charge >= 0.3 is 6.01 Å². The van der Waals surface area contributed by atoms with Gasteiger partial charge in [-0.2, -0.15) is 15.0 Å². The Hall–Kier alpha value is -1.99. The van der Waals surface area contributed by atoms with Gasteiger partial charge in [-0.1, -0.05) is 6.07 Å². The first-order valence-electron chi connectivity index (χ1n) is 6.38. The molecular weight excluding hydrogens is 299 g/mol. The van der Waals surface area contributed by atoms with E-state index in [4.69, 9.17) is 21.1 Å². The van der Waals surface area contributed by atoms with Crippen molar-refractivity contribution in [3.63, 3.8) is 0 Å². The van der Waals surface area contributed by atoms with Gasteiger partial charge in [0.15, 0.2) is 0 Å². The van der Waals surface area contributed by atoms with E-state index in [2.05, 4.69) is 15.0 Å². The van der Waals surface area contributed by atoms with Gasteiger partial charge < -0.3 is 14.4 Å². The molecule has 8 heteroatoms. The Morgan fingerprint density at radius 1 is 1.19 bits per heavy atom. The van der Waals surface area contributed by atoms with Crippen LogP contribution in [0.5, 0.6) is 11.8 Å². The summed E-state index contributed by atoms with van der Waals surface area (Å²) in [5.74, 6) is 0.316. The minimum Gasteiger partial charge on any atom is -0.424 e. The lowest BCUT2D eigenvalue weighted by Gasteiger charge is -2.26.